The maximum atomic E-state index is 11.9. The molecule has 0 aliphatic heterocycles. The number of furan rings is 1. The van der Waals surface area contributed by atoms with Crippen molar-refractivity contribution in [3.63, 3.8) is 0 Å². The van der Waals surface area contributed by atoms with Gasteiger partial charge in [0.1, 0.15) is 11.8 Å². The second-order valence-corrected chi connectivity index (χ2v) is 5.17. The number of benzene rings is 1. The summed E-state index contributed by atoms with van der Waals surface area (Å²) in [7, 11) is 0. The maximum Gasteiger partial charge on any atom is 0.319 e. The molecule has 0 spiro atoms. The van der Waals surface area contributed by atoms with Gasteiger partial charge in [0.15, 0.2) is 0 Å². The molecule has 0 bridgehead atoms. The standard InChI is InChI=1S/C17H21N3O3/c1-3-13-6-4-7-14(10-13)20-17(22)19-12(2)16(21)18-11-15-8-5-9-23-15/h4-10,12H,3,11H2,1-2H3,(H,18,21)(H2,19,20,22)/t12-/m0/s1. The molecule has 0 aliphatic rings. The number of carbonyl (C=O) groups is 2. The van der Waals surface area contributed by atoms with Crippen molar-refractivity contribution in [2.24, 2.45) is 0 Å². The molecule has 3 N–H and O–H groups in total. The number of urea groups is 1. The van der Waals surface area contributed by atoms with Crippen LogP contribution in [0, 0.1) is 0 Å². The van der Waals surface area contributed by atoms with Gasteiger partial charge in [0.25, 0.3) is 0 Å². The Balaban J connectivity index is 1.80. The van der Waals surface area contributed by atoms with Crippen LogP contribution in [0.2, 0.25) is 0 Å². The maximum absolute atomic E-state index is 11.9. The Kier molecular flexibility index (Phi) is 5.80. The average molecular weight is 315 g/mol. The van der Waals surface area contributed by atoms with Gasteiger partial charge in [-0.2, -0.15) is 0 Å². The van der Waals surface area contributed by atoms with Gasteiger partial charge >= 0.3 is 6.03 Å². The highest BCUT2D eigenvalue weighted by molar-refractivity contribution is 5.93. The Labute approximate surface area is 135 Å². The summed E-state index contributed by atoms with van der Waals surface area (Å²) in [6.45, 7) is 3.96. The minimum absolute atomic E-state index is 0.279. The van der Waals surface area contributed by atoms with Crippen molar-refractivity contribution in [1.82, 2.24) is 10.6 Å². The lowest BCUT2D eigenvalue weighted by atomic mass is 10.1. The summed E-state index contributed by atoms with van der Waals surface area (Å²) in [6, 6.07) is 10.0. The summed E-state index contributed by atoms with van der Waals surface area (Å²) in [4.78, 5) is 23.9. The van der Waals surface area contributed by atoms with Crippen LogP contribution >= 0.6 is 0 Å². The van der Waals surface area contributed by atoms with Crippen LogP contribution in [0.1, 0.15) is 25.2 Å². The summed E-state index contributed by atoms with van der Waals surface area (Å²) >= 11 is 0. The molecule has 0 saturated heterocycles. The molecule has 2 rings (SSSR count). The summed E-state index contributed by atoms with van der Waals surface area (Å²) in [5, 5.41) is 8.02. The molecular formula is C17H21N3O3. The first-order chi connectivity index (χ1) is 11.1. The van der Waals surface area contributed by atoms with E-state index in [2.05, 4.69) is 16.0 Å². The molecule has 0 aliphatic carbocycles. The fraction of sp³-hybridized carbons (Fsp3) is 0.294. The highest BCUT2D eigenvalue weighted by atomic mass is 16.3. The molecule has 0 fully saturated rings. The third-order valence-corrected chi connectivity index (χ3v) is 3.35. The molecular weight excluding hydrogens is 294 g/mol. The molecule has 1 atom stereocenters. The van der Waals surface area contributed by atoms with E-state index in [0.717, 1.165) is 12.0 Å². The van der Waals surface area contributed by atoms with Gasteiger partial charge in [0.2, 0.25) is 5.91 Å². The van der Waals surface area contributed by atoms with Crippen LogP contribution in [0.5, 0.6) is 0 Å². The van der Waals surface area contributed by atoms with Gasteiger partial charge in [0.05, 0.1) is 12.8 Å². The van der Waals surface area contributed by atoms with Crippen LogP contribution < -0.4 is 16.0 Å². The molecule has 0 unspecified atom stereocenters. The average Bonchev–Trinajstić information content (AvgIpc) is 3.06. The van der Waals surface area contributed by atoms with Crippen molar-refractivity contribution in [2.75, 3.05) is 5.32 Å². The minimum atomic E-state index is -0.653. The first-order valence-corrected chi connectivity index (χ1v) is 7.55. The summed E-state index contributed by atoms with van der Waals surface area (Å²) in [5.41, 5.74) is 1.83. The van der Waals surface area contributed by atoms with Crippen molar-refractivity contribution in [1.29, 1.82) is 0 Å². The molecule has 1 aromatic heterocycles. The highest BCUT2D eigenvalue weighted by Crippen LogP contribution is 2.10. The number of hydrogen-bond donors (Lipinski definition) is 3. The van der Waals surface area contributed by atoms with E-state index < -0.39 is 12.1 Å². The predicted molar refractivity (Wildman–Crippen MR) is 88.0 cm³/mol. The van der Waals surface area contributed by atoms with Gasteiger partial charge in [-0.25, -0.2) is 4.79 Å². The molecule has 6 nitrogen and oxygen atoms in total. The van der Waals surface area contributed by atoms with Crippen LogP contribution in [0.4, 0.5) is 10.5 Å². The molecule has 23 heavy (non-hydrogen) atoms. The smallest absolute Gasteiger partial charge is 0.319 e. The number of rotatable bonds is 6. The lowest BCUT2D eigenvalue weighted by molar-refractivity contribution is -0.122. The van der Waals surface area contributed by atoms with E-state index in [-0.39, 0.29) is 12.5 Å². The zero-order valence-electron chi connectivity index (χ0n) is 13.3. The number of nitrogens with one attached hydrogen (secondary N) is 3. The monoisotopic (exact) mass is 315 g/mol. The Hall–Kier alpha value is -2.76. The van der Waals surface area contributed by atoms with E-state index >= 15 is 0 Å². The number of anilines is 1. The first kappa shape index (κ1) is 16.6. The zero-order valence-corrected chi connectivity index (χ0v) is 13.3. The quantitative estimate of drug-likeness (QED) is 0.766. The fourth-order valence-electron chi connectivity index (χ4n) is 2.04. The Morgan fingerprint density at radius 3 is 2.74 bits per heavy atom. The molecule has 3 amide bonds. The molecule has 0 radical (unpaired) electrons. The molecule has 6 heteroatoms. The van der Waals surface area contributed by atoms with Crippen LogP contribution in [-0.4, -0.2) is 18.0 Å². The van der Waals surface area contributed by atoms with Gasteiger partial charge in [-0.05, 0) is 43.2 Å². The van der Waals surface area contributed by atoms with Crippen LogP contribution in [0.15, 0.2) is 47.1 Å². The largest absolute Gasteiger partial charge is 0.467 e. The topological polar surface area (TPSA) is 83.4 Å². The lowest BCUT2D eigenvalue weighted by Gasteiger charge is -2.14. The van der Waals surface area contributed by atoms with Crippen molar-refractivity contribution < 1.29 is 14.0 Å². The van der Waals surface area contributed by atoms with Gasteiger partial charge in [-0.3, -0.25) is 4.79 Å². The van der Waals surface area contributed by atoms with Gasteiger partial charge in [0, 0.05) is 5.69 Å². The van der Waals surface area contributed by atoms with Crippen molar-refractivity contribution in [3.05, 3.63) is 54.0 Å². The second kappa shape index (κ2) is 8.03. The molecule has 1 aromatic carbocycles. The number of aryl methyl sites for hydroxylation is 1. The van der Waals surface area contributed by atoms with Crippen LogP contribution in [0.3, 0.4) is 0 Å². The van der Waals surface area contributed by atoms with E-state index in [1.54, 1.807) is 31.4 Å². The van der Waals surface area contributed by atoms with Gasteiger partial charge in [-0.1, -0.05) is 19.1 Å². The molecule has 0 saturated carbocycles. The third-order valence-electron chi connectivity index (χ3n) is 3.35. The number of amides is 3. The second-order valence-electron chi connectivity index (χ2n) is 5.17. The normalized spacial score (nSPS) is 11.6. The minimum Gasteiger partial charge on any atom is -0.467 e. The summed E-state index contributed by atoms with van der Waals surface area (Å²) < 4.78 is 5.13. The van der Waals surface area contributed by atoms with Crippen molar-refractivity contribution >= 4 is 17.6 Å². The first-order valence-electron chi connectivity index (χ1n) is 7.55. The zero-order chi connectivity index (χ0) is 16.7. The lowest BCUT2D eigenvalue weighted by Crippen LogP contribution is -2.46. The molecule has 122 valence electrons. The third kappa shape index (κ3) is 5.18. The number of hydrogen-bond acceptors (Lipinski definition) is 3. The van der Waals surface area contributed by atoms with Crippen LogP contribution in [0.25, 0.3) is 0 Å². The molecule has 2 aromatic rings. The van der Waals surface area contributed by atoms with E-state index in [4.69, 9.17) is 4.42 Å². The van der Waals surface area contributed by atoms with Crippen LogP contribution in [-0.2, 0) is 17.8 Å². The Bertz CT molecular complexity index is 653. The van der Waals surface area contributed by atoms with E-state index in [9.17, 15) is 9.59 Å². The number of carbonyl (C=O) groups excluding carboxylic acids is 2. The van der Waals surface area contributed by atoms with Gasteiger partial charge < -0.3 is 20.4 Å². The highest BCUT2D eigenvalue weighted by Gasteiger charge is 2.15. The summed E-state index contributed by atoms with van der Waals surface area (Å²) in [5.74, 6) is 0.380. The van der Waals surface area contributed by atoms with E-state index in [1.807, 2.05) is 25.1 Å². The fourth-order valence-corrected chi connectivity index (χ4v) is 2.04. The Morgan fingerprint density at radius 2 is 2.04 bits per heavy atom. The van der Waals surface area contributed by atoms with E-state index in [1.165, 1.54) is 0 Å². The predicted octanol–water partition coefficient (Wildman–Crippen LogP) is 2.67. The summed E-state index contributed by atoms with van der Waals surface area (Å²) in [6.07, 6.45) is 2.43. The molecule has 1 heterocycles. The van der Waals surface area contributed by atoms with Crippen molar-refractivity contribution in [3.8, 4) is 0 Å². The SMILES string of the molecule is CCc1cccc(NC(=O)N[C@@H](C)C(=O)NCc2ccco2)c1. The van der Waals surface area contributed by atoms with Gasteiger partial charge in [-0.15, -0.1) is 0 Å². The van der Waals surface area contributed by atoms with Crippen molar-refractivity contribution in [2.45, 2.75) is 32.9 Å². The van der Waals surface area contributed by atoms with E-state index in [0.29, 0.717) is 11.4 Å². The Morgan fingerprint density at radius 1 is 1.22 bits per heavy atom.